The fourth-order valence-electron chi connectivity index (χ4n) is 4.31. The Hall–Kier alpha value is -3.56. The molecule has 0 fully saturated rings. The van der Waals surface area contributed by atoms with Gasteiger partial charge in [-0.15, -0.1) is 0 Å². The molecule has 0 aliphatic carbocycles. The Bertz CT molecular complexity index is 1450. The monoisotopic (exact) mass is 599 g/mol. The molecule has 1 atom stereocenters. The average molecular weight is 600 g/mol. The Morgan fingerprint density at radius 2 is 1.63 bits per heavy atom. The van der Waals surface area contributed by atoms with Crippen molar-refractivity contribution >= 4 is 39.1 Å². The van der Waals surface area contributed by atoms with Crippen molar-refractivity contribution in [2.45, 2.75) is 64.1 Å². The lowest BCUT2D eigenvalue weighted by atomic mass is 10.1. The number of sulfonamides is 1. The summed E-state index contributed by atoms with van der Waals surface area (Å²) in [7, 11) is -2.62. The summed E-state index contributed by atoms with van der Waals surface area (Å²) in [6.07, 6.45) is 0.325. The SMILES string of the molecule is CC[C@@H](C(=O)NC(C)(C)C)N(Cc1cccc(OC)c1)C(=O)CN(c1ccc(C)cc1)S(=O)(=O)c1ccc(Cl)cc1. The summed E-state index contributed by atoms with van der Waals surface area (Å²) in [5.41, 5.74) is 1.48. The standard InChI is InChI=1S/C31H38ClN3O5S/c1-7-28(30(37)33-31(3,4)5)34(20-23-9-8-10-26(19-23)40-6)29(36)21-35(25-15-11-22(2)12-16-25)41(38,39)27-17-13-24(32)14-18-27/h8-19,28H,7,20-21H2,1-6H3,(H,33,37)/t28-/m0/s1. The van der Waals surface area contributed by atoms with E-state index in [0.29, 0.717) is 22.9 Å². The van der Waals surface area contributed by atoms with Crippen LogP contribution < -0.4 is 14.4 Å². The first kappa shape index (κ1) is 32.0. The van der Waals surface area contributed by atoms with E-state index in [4.69, 9.17) is 16.3 Å². The van der Waals surface area contributed by atoms with Crippen LogP contribution in [0, 0.1) is 6.92 Å². The Balaban J connectivity index is 2.07. The maximum Gasteiger partial charge on any atom is 0.264 e. The maximum atomic E-state index is 14.1. The first-order chi connectivity index (χ1) is 19.2. The first-order valence-electron chi connectivity index (χ1n) is 13.3. The maximum absolute atomic E-state index is 14.1. The van der Waals surface area contributed by atoms with Crippen molar-refractivity contribution in [3.63, 3.8) is 0 Å². The highest BCUT2D eigenvalue weighted by Crippen LogP contribution is 2.26. The van der Waals surface area contributed by atoms with E-state index in [9.17, 15) is 18.0 Å². The van der Waals surface area contributed by atoms with Crippen LogP contribution >= 0.6 is 11.6 Å². The highest BCUT2D eigenvalue weighted by molar-refractivity contribution is 7.92. The van der Waals surface area contributed by atoms with Crippen LogP contribution in [0.4, 0.5) is 5.69 Å². The second-order valence-electron chi connectivity index (χ2n) is 10.8. The minimum absolute atomic E-state index is 0.00728. The Labute approximate surface area is 248 Å². The van der Waals surface area contributed by atoms with Crippen LogP contribution in [0.2, 0.25) is 5.02 Å². The summed E-state index contributed by atoms with van der Waals surface area (Å²) in [6, 6.07) is 19.0. The van der Waals surface area contributed by atoms with Crippen LogP contribution in [0.1, 0.15) is 45.2 Å². The highest BCUT2D eigenvalue weighted by Gasteiger charge is 2.34. The molecule has 3 rings (SSSR count). The van der Waals surface area contributed by atoms with Gasteiger partial charge >= 0.3 is 0 Å². The van der Waals surface area contributed by atoms with Gasteiger partial charge in [-0.3, -0.25) is 13.9 Å². The summed E-state index contributed by atoms with van der Waals surface area (Å²) in [6.45, 7) is 8.87. The van der Waals surface area contributed by atoms with Gasteiger partial charge in [-0.1, -0.05) is 48.4 Å². The van der Waals surface area contributed by atoms with Crippen LogP contribution in [0.5, 0.6) is 5.75 Å². The lowest BCUT2D eigenvalue weighted by Gasteiger charge is -2.34. The summed E-state index contributed by atoms with van der Waals surface area (Å²) < 4.78 is 34.2. The third kappa shape index (κ3) is 8.47. The van der Waals surface area contributed by atoms with Crippen LogP contribution in [0.3, 0.4) is 0 Å². The number of carbonyl (C=O) groups excluding carboxylic acids is 2. The van der Waals surface area contributed by atoms with Gasteiger partial charge in [0.05, 0.1) is 17.7 Å². The van der Waals surface area contributed by atoms with Gasteiger partial charge in [-0.2, -0.15) is 0 Å². The zero-order valence-corrected chi connectivity index (χ0v) is 25.9. The molecule has 0 spiro atoms. The number of carbonyl (C=O) groups is 2. The number of aryl methyl sites for hydroxylation is 1. The second kappa shape index (κ2) is 13.4. The number of ether oxygens (including phenoxy) is 1. The number of anilines is 1. The van der Waals surface area contributed by atoms with Crippen molar-refractivity contribution in [1.82, 2.24) is 10.2 Å². The van der Waals surface area contributed by atoms with Crippen molar-refractivity contribution in [2.24, 2.45) is 0 Å². The molecule has 0 radical (unpaired) electrons. The van der Waals surface area contributed by atoms with Crippen molar-refractivity contribution in [3.05, 3.63) is 88.9 Å². The predicted octanol–water partition coefficient (Wildman–Crippen LogP) is 5.57. The summed E-state index contributed by atoms with van der Waals surface area (Å²) >= 11 is 6.01. The molecular formula is C31H38ClN3O5S. The predicted molar refractivity (Wildman–Crippen MR) is 163 cm³/mol. The number of halogens is 1. The number of hydrogen-bond acceptors (Lipinski definition) is 5. The minimum atomic E-state index is -4.17. The molecule has 0 bridgehead atoms. The normalized spacial score (nSPS) is 12.4. The van der Waals surface area contributed by atoms with Gasteiger partial charge in [0.2, 0.25) is 11.8 Å². The molecule has 0 heterocycles. The highest BCUT2D eigenvalue weighted by atomic mass is 35.5. The van der Waals surface area contributed by atoms with Crippen LogP contribution in [-0.4, -0.2) is 50.4 Å². The number of methoxy groups -OCH3 is 1. The van der Waals surface area contributed by atoms with Crippen LogP contribution in [0.15, 0.2) is 77.7 Å². The van der Waals surface area contributed by atoms with Crippen LogP contribution in [-0.2, 0) is 26.2 Å². The zero-order chi connectivity index (χ0) is 30.4. The Morgan fingerprint density at radius 1 is 1.00 bits per heavy atom. The van der Waals surface area contributed by atoms with Crippen molar-refractivity contribution < 1.29 is 22.7 Å². The van der Waals surface area contributed by atoms with Gasteiger partial charge in [-0.25, -0.2) is 8.42 Å². The molecule has 0 saturated heterocycles. The van der Waals surface area contributed by atoms with Gasteiger partial charge in [-0.05, 0) is 88.2 Å². The van der Waals surface area contributed by atoms with E-state index in [2.05, 4.69) is 5.32 Å². The summed E-state index contributed by atoms with van der Waals surface area (Å²) in [5, 5.41) is 3.36. The van der Waals surface area contributed by atoms with E-state index in [1.54, 1.807) is 49.6 Å². The second-order valence-corrected chi connectivity index (χ2v) is 13.1. The molecule has 220 valence electrons. The molecule has 0 aliphatic heterocycles. The number of nitrogens with zero attached hydrogens (tertiary/aromatic N) is 2. The smallest absolute Gasteiger partial charge is 0.264 e. The minimum Gasteiger partial charge on any atom is -0.497 e. The molecule has 3 aromatic carbocycles. The van der Waals surface area contributed by atoms with Gasteiger partial charge in [0.25, 0.3) is 10.0 Å². The number of benzene rings is 3. The van der Waals surface area contributed by atoms with E-state index >= 15 is 0 Å². The van der Waals surface area contributed by atoms with Crippen LogP contribution in [0.25, 0.3) is 0 Å². The Kier molecular flexibility index (Phi) is 10.4. The molecule has 10 heteroatoms. The van der Waals surface area contributed by atoms with Crippen molar-refractivity contribution in [2.75, 3.05) is 18.0 Å². The molecule has 0 aromatic heterocycles. The quantitative estimate of drug-likeness (QED) is 0.311. The molecule has 2 amide bonds. The van der Waals surface area contributed by atoms with Gasteiger partial charge < -0.3 is 15.0 Å². The molecule has 0 unspecified atom stereocenters. The van der Waals surface area contributed by atoms with Gasteiger partial charge in [0.15, 0.2) is 0 Å². The van der Waals surface area contributed by atoms with E-state index < -0.39 is 34.1 Å². The zero-order valence-electron chi connectivity index (χ0n) is 24.3. The fraction of sp³-hybridized carbons (Fsp3) is 0.355. The molecule has 1 N–H and O–H groups in total. The molecule has 3 aromatic rings. The lowest BCUT2D eigenvalue weighted by molar-refractivity contribution is -0.141. The largest absolute Gasteiger partial charge is 0.497 e. The van der Waals surface area contributed by atoms with Crippen molar-refractivity contribution in [3.8, 4) is 5.75 Å². The number of amides is 2. The van der Waals surface area contributed by atoms with E-state index in [0.717, 1.165) is 15.4 Å². The summed E-state index contributed by atoms with van der Waals surface area (Å²) in [5.74, 6) is -0.241. The summed E-state index contributed by atoms with van der Waals surface area (Å²) in [4.78, 5) is 29.0. The average Bonchev–Trinajstić information content (AvgIpc) is 2.91. The molecule has 8 nitrogen and oxygen atoms in total. The molecule has 0 saturated carbocycles. The van der Waals surface area contributed by atoms with Crippen molar-refractivity contribution in [1.29, 1.82) is 0 Å². The topological polar surface area (TPSA) is 96.0 Å². The lowest BCUT2D eigenvalue weighted by Crippen LogP contribution is -2.55. The third-order valence-corrected chi connectivity index (χ3v) is 8.41. The fourth-order valence-corrected chi connectivity index (χ4v) is 5.85. The molecule has 0 aliphatic rings. The van der Waals surface area contributed by atoms with E-state index in [-0.39, 0.29) is 17.3 Å². The number of hydrogen-bond donors (Lipinski definition) is 1. The number of rotatable bonds is 11. The first-order valence-corrected chi connectivity index (χ1v) is 15.2. The van der Waals surface area contributed by atoms with Gasteiger partial charge in [0.1, 0.15) is 18.3 Å². The van der Waals surface area contributed by atoms with E-state index in [1.165, 1.54) is 29.2 Å². The van der Waals surface area contributed by atoms with E-state index in [1.807, 2.05) is 40.7 Å². The molecular weight excluding hydrogens is 562 g/mol. The van der Waals surface area contributed by atoms with Gasteiger partial charge in [0, 0.05) is 17.1 Å². The Morgan fingerprint density at radius 3 is 2.20 bits per heavy atom. The third-order valence-electron chi connectivity index (χ3n) is 6.37. The number of nitrogens with one attached hydrogen (secondary N) is 1. The molecule has 41 heavy (non-hydrogen) atoms.